The molecular formula is C32H33F2N5O3. The second-order valence-electron chi connectivity index (χ2n) is 11.5. The van der Waals surface area contributed by atoms with Gasteiger partial charge in [0.1, 0.15) is 22.9 Å². The van der Waals surface area contributed by atoms with E-state index < -0.39 is 39.7 Å². The smallest absolute Gasteiger partial charge is 0.258 e. The summed E-state index contributed by atoms with van der Waals surface area (Å²) >= 11 is 0. The molecular weight excluding hydrogens is 540 g/mol. The van der Waals surface area contributed by atoms with E-state index in [1.54, 1.807) is 17.2 Å². The Morgan fingerprint density at radius 1 is 1.14 bits per heavy atom. The standard InChI is InChI=1S/C32H33F2N5O3/c1-7-25(41)37-13-14-38(32(5,6)17-37)23-16-26(42)39(30-19(4)11-12-35-28(30)18(2)3)31-20(23)15-22(34)29(36-31)27-21(33)9-8-10-24(27)40/h7-12,15-16,18,40H,1,13-14,17H2,2-6H3. The molecule has 0 saturated carbocycles. The van der Waals surface area contributed by atoms with E-state index in [-0.39, 0.29) is 17.5 Å². The minimum Gasteiger partial charge on any atom is -0.507 e. The van der Waals surface area contributed by atoms with Gasteiger partial charge in [-0.05, 0) is 62.6 Å². The summed E-state index contributed by atoms with van der Waals surface area (Å²) in [5.41, 5.74) is 0.542. The molecule has 0 bridgehead atoms. The second kappa shape index (κ2) is 10.7. The van der Waals surface area contributed by atoms with E-state index in [1.165, 1.54) is 34.9 Å². The normalized spacial score (nSPS) is 15.0. The first-order valence-electron chi connectivity index (χ1n) is 13.7. The van der Waals surface area contributed by atoms with E-state index in [2.05, 4.69) is 16.5 Å². The van der Waals surface area contributed by atoms with Crippen molar-refractivity contribution in [3.63, 3.8) is 0 Å². The lowest BCUT2D eigenvalue weighted by Crippen LogP contribution is -2.60. The molecule has 1 aliphatic heterocycles. The number of hydrogen-bond acceptors (Lipinski definition) is 6. The van der Waals surface area contributed by atoms with Crippen molar-refractivity contribution in [3.05, 3.63) is 88.5 Å². The van der Waals surface area contributed by atoms with Crippen LogP contribution >= 0.6 is 0 Å². The molecule has 1 saturated heterocycles. The van der Waals surface area contributed by atoms with E-state index in [9.17, 15) is 19.1 Å². The number of carbonyl (C=O) groups excluding carboxylic acids is 1. The summed E-state index contributed by atoms with van der Waals surface area (Å²) in [5.74, 6) is -2.45. The summed E-state index contributed by atoms with van der Waals surface area (Å²) in [5, 5.41) is 10.8. The molecule has 0 aliphatic carbocycles. The number of benzene rings is 1. The number of carbonyl (C=O) groups is 1. The maximum Gasteiger partial charge on any atom is 0.258 e. The fourth-order valence-electron chi connectivity index (χ4n) is 5.77. The van der Waals surface area contributed by atoms with Crippen molar-refractivity contribution in [2.75, 3.05) is 24.5 Å². The minimum atomic E-state index is -0.861. The molecule has 1 fully saturated rings. The maximum atomic E-state index is 15.9. The summed E-state index contributed by atoms with van der Waals surface area (Å²) in [6.07, 6.45) is 2.93. The van der Waals surface area contributed by atoms with Gasteiger partial charge in [-0.3, -0.25) is 19.1 Å². The molecule has 4 heterocycles. The largest absolute Gasteiger partial charge is 0.507 e. The number of hydrogen-bond donors (Lipinski definition) is 1. The van der Waals surface area contributed by atoms with Crippen LogP contribution in [0.1, 0.15) is 44.9 Å². The Bertz CT molecular complexity index is 1780. The molecule has 0 unspecified atom stereocenters. The molecule has 5 rings (SSSR count). The fraction of sp³-hybridized carbons (Fsp3) is 0.312. The molecule has 4 aromatic rings. The Balaban J connectivity index is 1.86. The number of phenolic OH excluding ortho intramolecular Hbond substituents is 1. The van der Waals surface area contributed by atoms with Crippen molar-refractivity contribution in [1.82, 2.24) is 19.4 Å². The van der Waals surface area contributed by atoms with Crippen LogP contribution in [0, 0.1) is 18.6 Å². The molecule has 1 N–H and O–H groups in total. The number of nitrogens with zero attached hydrogens (tertiary/aromatic N) is 5. The summed E-state index contributed by atoms with van der Waals surface area (Å²) in [4.78, 5) is 39.2. The van der Waals surface area contributed by atoms with Crippen molar-refractivity contribution in [2.45, 2.75) is 46.1 Å². The van der Waals surface area contributed by atoms with E-state index in [1.807, 2.05) is 39.5 Å². The number of aromatic nitrogens is 3. The maximum absolute atomic E-state index is 15.9. The van der Waals surface area contributed by atoms with Gasteiger partial charge in [0, 0.05) is 37.3 Å². The highest BCUT2D eigenvalue weighted by molar-refractivity contribution is 5.93. The number of aryl methyl sites for hydroxylation is 1. The molecule has 0 radical (unpaired) electrons. The molecule has 1 amide bonds. The predicted octanol–water partition coefficient (Wildman–Crippen LogP) is 5.48. The lowest BCUT2D eigenvalue weighted by molar-refractivity contribution is -0.127. The van der Waals surface area contributed by atoms with Crippen molar-refractivity contribution in [2.24, 2.45) is 0 Å². The van der Waals surface area contributed by atoms with Crippen molar-refractivity contribution in [3.8, 4) is 22.7 Å². The van der Waals surface area contributed by atoms with Crippen LogP contribution in [0.25, 0.3) is 28.0 Å². The highest BCUT2D eigenvalue weighted by Gasteiger charge is 2.37. The number of halogens is 2. The van der Waals surface area contributed by atoms with Crippen LogP contribution in [0.5, 0.6) is 5.75 Å². The molecule has 1 aliphatic rings. The molecule has 0 spiro atoms. The first-order chi connectivity index (χ1) is 19.9. The van der Waals surface area contributed by atoms with Gasteiger partial charge >= 0.3 is 0 Å². The topological polar surface area (TPSA) is 91.6 Å². The monoisotopic (exact) mass is 573 g/mol. The number of rotatable bonds is 5. The Morgan fingerprint density at radius 3 is 2.52 bits per heavy atom. The van der Waals surface area contributed by atoms with Crippen molar-refractivity contribution >= 4 is 22.6 Å². The summed E-state index contributed by atoms with van der Waals surface area (Å²) in [6.45, 7) is 14.3. The zero-order chi connectivity index (χ0) is 30.5. The van der Waals surface area contributed by atoms with Crippen LogP contribution in [-0.4, -0.2) is 55.6 Å². The number of fused-ring (bicyclic) bond motifs is 1. The Labute approximate surface area is 242 Å². The fourth-order valence-corrected chi connectivity index (χ4v) is 5.77. The van der Waals surface area contributed by atoms with Gasteiger partial charge in [0.05, 0.1) is 28.2 Å². The lowest BCUT2D eigenvalue weighted by atomic mass is 9.96. The molecule has 3 aromatic heterocycles. The highest BCUT2D eigenvalue weighted by Crippen LogP contribution is 2.38. The van der Waals surface area contributed by atoms with Crippen LogP contribution in [0.2, 0.25) is 0 Å². The molecule has 42 heavy (non-hydrogen) atoms. The third-order valence-electron chi connectivity index (χ3n) is 7.76. The van der Waals surface area contributed by atoms with Crippen LogP contribution in [-0.2, 0) is 4.79 Å². The minimum absolute atomic E-state index is 0.0635. The Hall–Kier alpha value is -4.60. The number of phenols is 1. The molecule has 0 atom stereocenters. The van der Waals surface area contributed by atoms with Crippen LogP contribution < -0.4 is 10.5 Å². The zero-order valence-electron chi connectivity index (χ0n) is 24.3. The number of aromatic hydroxyl groups is 1. The SMILES string of the molecule is C=CC(=O)N1CCN(c2cc(=O)n(-c3c(C)ccnc3C(C)C)c3nc(-c4c(O)cccc4F)c(F)cc23)C(C)(C)C1. The van der Waals surface area contributed by atoms with Crippen LogP contribution in [0.4, 0.5) is 14.5 Å². The average molecular weight is 574 g/mol. The van der Waals surface area contributed by atoms with Gasteiger partial charge in [-0.25, -0.2) is 13.8 Å². The number of pyridine rings is 3. The van der Waals surface area contributed by atoms with E-state index in [0.717, 1.165) is 11.6 Å². The first kappa shape index (κ1) is 28.9. The second-order valence-corrected chi connectivity index (χ2v) is 11.5. The van der Waals surface area contributed by atoms with E-state index in [0.29, 0.717) is 42.1 Å². The molecule has 218 valence electrons. The lowest BCUT2D eigenvalue weighted by Gasteiger charge is -2.48. The molecule has 8 nitrogen and oxygen atoms in total. The Morgan fingerprint density at radius 2 is 1.88 bits per heavy atom. The molecule has 1 aromatic carbocycles. The first-order valence-corrected chi connectivity index (χ1v) is 13.7. The van der Waals surface area contributed by atoms with Gasteiger partial charge in [-0.1, -0.05) is 26.5 Å². The van der Waals surface area contributed by atoms with Gasteiger partial charge in [-0.15, -0.1) is 0 Å². The number of piperazine rings is 1. The number of amides is 1. The van der Waals surface area contributed by atoms with Crippen LogP contribution in [0.3, 0.4) is 0 Å². The van der Waals surface area contributed by atoms with Gasteiger partial charge in [0.2, 0.25) is 5.91 Å². The van der Waals surface area contributed by atoms with Crippen LogP contribution in [0.15, 0.2) is 60.0 Å². The predicted molar refractivity (Wildman–Crippen MR) is 159 cm³/mol. The van der Waals surface area contributed by atoms with Crippen molar-refractivity contribution in [1.29, 1.82) is 0 Å². The third kappa shape index (κ3) is 4.80. The van der Waals surface area contributed by atoms with Crippen molar-refractivity contribution < 1.29 is 18.7 Å². The Kier molecular flexibility index (Phi) is 7.34. The highest BCUT2D eigenvalue weighted by atomic mass is 19.1. The van der Waals surface area contributed by atoms with E-state index in [4.69, 9.17) is 0 Å². The summed E-state index contributed by atoms with van der Waals surface area (Å²) in [7, 11) is 0. The third-order valence-corrected chi connectivity index (χ3v) is 7.76. The molecule has 10 heteroatoms. The number of anilines is 1. The summed E-state index contributed by atoms with van der Waals surface area (Å²) < 4.78 is 32.3. The van der Waals surface area contributed by atoms with Gasteiger partial charge < -0.3 is 14.9 Å². The quantitative estimate of drug-likeness (QED) is 0.318. The van der Waals surface area contributed by atoms with E-state index >= 15 is 4.39 Å². The van der Waals surface area contributed by atoms with Gasteiger partial charge in [-0.2, -0.15) is 0 Å². The van der Waals surface area contributed by atoms with Gasteiger partial charge in [0.25, 0.3) is 5.56 Å². The zero-order valence-corrected chi connectivity index (χ0v) is 24.3. The summed E-state index contributed by atoms with van der Waals surface area (Å²) in [6, 6.07) is 8.13. The average Bonchev–Trinajstić information content (AvgIpc) is 2.92. The van der Waals surface area contributed by atoms with Gasteiger partial charge in [0.15, 0.2) is 5.82 Å².